The summed E-state index contributed by atoms with van der Waals surface area (Å²) in [6.07, 6.45) is -3.48. The van der Waals surface area contributed by atoms with Crippen LogP contribution in [0.1, 0.15) is 28.3 Å². The van der Waals surface area contributed by atoms with Crippen molar-refractivity contribution in [2.45, 2.75) is 25.1 Å². The molecule has 0 saturated heterocycles. The van der Waals surface area contributed by atoms with Gasteiger partial charge in [-0.25, -0.2) is 4.79 Å². The number of urea groups is 1. The molecule has 0 fully saturated rings. The van der Waals surface area contributed by atoms with E-state index in [9.17, 15) is 23.1 Å². The van der Waals surface area contributed by atoms with Crippen LogP contribution in [-0.4, -0.2) is 51.0 Å². The second kappa shape index (κ2) is 10.3. The van der Waals surface area contributed by atoms with Gasteiger partial charge in [0.25, 0.3) is 0 Å². The first-order valence-electron chi connectivity index (χ1n) is 12.3. The number of nitrogens with zero attached hydrogens (tertiary/aromatic N) is 1. The number of aromatic hydroxyl groups is 1. The van der Waals surface area contributed by atoms with Crippen LogP contribution in [0.25, 0.3) is 11.1 Å². The highest BCUT2D eigenvalue weighted by atomic mass is 35.5. The zero-order valence-electron chi connectivity index (χ0n) is 22.1. The van der Waals surface area contributed by atoms with Crippen molar-refractivity contribution < 1.29 is 37.3 Å². The number of nitrogens with one attached hydrogen (secondary N) is 2. The Bertz CT molecular complexity index is 1510. The van der Waals surface area contributed by atoms with Crippen LogP contribution < -0.4 is 24.8 Å². The van der Waals surface area contributed by atoms with Crippen LogP contribution in [0, 0.1) is 0 Å². The number of phenolic OH excluding ortho intramolecular Hbond substituents is 1. The Morgan fingerprint density at radius 3 is 2.42 bits per heavy atom. The van der Waals surface area contributed by atoms with Gasteiger partial charge in [-0.15, -0.1) is 0 Å². The SMILES string of the molecule is COc1cc(NC(=O)Nc2ccc(Cl)c(C(F)(F)F)c2)c2c(c1O)-c1c(OC)c(OC)cc3c1[C@H](C2)N(C)CC3. The Kier molecular flexibility index (Phi) is 7.13. The van der Waals surface area contributed by atoms with E-state index >= 15 is 0 Å². The molecule has 1 heterocycles. The van der Waals surface area contributed by atoms with E-state index in [0.717, 1.165) is 36.2 Å². The van der Waals surface area contributed by atoms with Gasteiger partial charge < -0.3 is 30.0 Å². The maximum Gasteiger partial charge on any atom is 0.417 e. The summed E-state index contributed by atoms with van der Waals surface area (Å²) in [5, 5.41) is 16.0. The van der Waals surface area contributed by atoms with Gasteiger partial charge in [0.15, 0.2) is 23.0 Å². The number of alkyl halides is 3. The van der Waals surface area contributed by atoms with Gasteiger partial charge in [-0.2, -0.15) is 13.2 Å². The quantitative estimate of drug-likeness (QED) is 0.300. The van der Waals surface area contributed by atoms with Gasteiger partial charge in [-0.3, -0.25) is 4.90 Å². The predicted octanol–water partition coefficient (Wildman–Crippen LogP) is 6.49. The number of anilines is 2. The molecule has 0 radical (unpaired) electrons. The van der Waals surface area contributed by atoms with E-state index in [1.807, 2.05) is 13.1 Å². The largest absolute Gasteiger partial charge is 0.504 e. The number of halogens is 4. The summed E-state index contributed by atoms with van der Waals surface area (Å²) in [6.45, 7) is 0.783. The Labute approximate surface area is 233 Å². The van der Waals surface area contributed by atoms with Gasteiger partial charge in [-0.05, 0) is 60.8 Å². The fourth-order valence-corrected chi connectivity index (χ4v) is 5.79. The number of likely N-dealkylation sites (N-methyl/N-ethyl adjacent to an activating group) is 1. The van der Waals surface area contributed by atoms with E-state index in [0.29, 0.717) is 40.3 Å². The van der Waals surface area contributed by atoms with Crippen LogP contribution in [0.4, 0.5) is 29.3 Å². The van der Waals surface area contributed by atoms with Crippen molar-refractivity contribution in [3.63, 3.8) is 0 Å². The third-order valence-corrected chi connectivity index (χ3v) is 7.74. The molecular weight excluding hydrogens is 551 g/mol. The highest BCUT2D eigenvalue weighted by Gasteiger charge is 2.40. The number of hydrogen-bond donors (Lipinski definition) is 3. The molecular formula is C28H27ClF3N3O5. The normalized spacial score (nSPS) is 16.1. The number of carbonyl (C=O) groups excluding carboxylic acids is 1. The second-order valence-corrected chi connectivity index (χ2v) is 10.0. The van der Waals surface area contributed by atoms with Crippen molar-refractivity contribution in [1.82, 2.24) is 4.90 Å². The van der Waals surface area contributed by atoms with Crippen LogP contribution >= 0.6 is 11.6 Å². The summed E-state index contributed by atoms with van der Waals surface area (Å²) >= 11 is 5.71. The number of ether oxygens (including phenoxy) is 3. The van der Waals surface area contributed by atoms with Crippen molar-refractivity contribution in [3.05, 3.63) is 57.6 Å². The maximum atomic E-state index is 13.3. The molecule has 0 aromatic heterocycles. The third kappa shape index (κ3) is 4.62. The molecule has 0 unspecified atom stereocenters. The molecule has 8 nitrogen and oxygen atoms in total. The van der Waals surface area contributed by atoms with Gasteiger partial charge in [0.05, 0.1) is 37.6 Å². The fourth-order valence-electron chi connectivity index (χ4n) is 5.56. The second-order valence-electron chi connectivity index (χ2n) is 9.61. The van der Waals surface area contributed by atoms with Crippen LogP contribution in [0.5, 0.6) is 23.0 Å². The Morgan fingerprint density at radius 2 is 1.77 bits per heavy atom. The molecule has 2 amide bonds. The molecule has 3 aromatic rings. The van der Waals surface area contributed by atoms with E-state index in [1.165, 1.54) is 33.5 Å². The number of benzene rings is 3. The van der Waals surface area contributed by atoms with E-state index < -0.39 is 22.8 Å². The number of methoxy groups -OCH3 is 3. The lowest BCUT2D eigenvalue weighted by Crippen LogP contribution is -2.36. The Balaban J connectivity index is 1.62. The smallest absolute Gasteiger partial charge is 0.417 e. The number of hydrogen-bond acceptors (Lipinski definition) is 6. The number of rotatable bonds is 5. The highest BCUT2D eigenvalue weighted by Crippen LogP contribution is 2.57. The summed E-state index contributed by atoms with van der Waals surface area (Å²) < 4.78 is 56.8. The first kappa shape index (κ1) is 27.7. The van der Waals surface area contributed by atoms with Gasteiger partial charge in [0.2, 0.25) is 0 Å². The molecule has 0 bridgehead atoms. The van der Waals surface area contributed by atoms with Crippen LogP contribution in [0.15, 0.2) is 30.3 Å². The zero-order valence-corrected chi connectivity index (χ0v) is 22.9. The molecule has 0 spiro atoms. The zero-order chi connectivity index (χ0) is 28.9. The molecule has 1 atom stereocenters. The molecule has 0 saturated carbocycles. The molecule has 3 N–H and O–H groups in total. The van der Waals surface area contributed by atoms with Crippen molar-refractivity contribution in [2.75, 3.05) is 45.6 Å². The molecule has 1 aliphatic heterocycles. The summed E-state index contributed by atoms with van der Waals surface area (Å²) in [5.74, 6) is 0.907. The Hall–Kier alpha value is -3.83. The number of fused-ring (bicyclic) bond motifs is 2. The average molecular weight is 578 g/mol. The maximum absolute atomic E-state index is 13.3. The van der Waals surface area contributed by atoms with Crippen molar-refractivity contribution in [1.29, 1.82) is 0 Å². The molecule has 3 aromatic carbocycles. The van der Waals surface area contributed by atoms with Crippen LogP contribution in [0.2, 0.25) is 5.02 Å². The molecule has 5 rings (SSSR count). The number of amides is 2. The van der Waals surface area contributed by atoms with E-state index in [1.54, 1.807) is 0 Å². The average Bonchev–Trinajstić information content (AvgIpc) is 2.91. The Morgan fingerprint density at radius 1 is 1.05 bits per heavy atom. The molecule has 12 heteroatoms. The predicted molar refractivity (Wildman–Crippen MR) is 145 cm³/mol. The van der Waals surface area contributed by atoms with Crippen LogP contribution in [-0.2, 0) is 19.0 Å². The summed E-state index contributed by atoms with van der Waals surface area (Å²) in [7, 11) is 6.44. The topological polar surface area (TPSA) is 92.3 Å². The van der Waals surface area contributed by atoms with Gasteiger partial charge in [0.1, 0.15) is 0 Å². The minimum atomic E-state index is -4.69. The lowest BCUT2D eigenvalue weighted by molar-refractivity contribution is -0.137. The first-order chi connectivity index (χ1) is 19.0. The monoisotopic (exact) mass is 577 g/mol. The van der Waals surface area contributed by atoms with Gasteiger partial charge in [-0.1, -0.05) is 11.6 Å². The molecule has 1 aliphatic carbocycles. The van der Waals surface area contributed by atoms with Crippen molar-refractivity contribution in [3.8, 4) is 34.1 Å². The highest BCUT2D eigenvalue weighted by molar-refractivity contribution is 6.31. The summed E-state index contributed by atoms with van der Waals surface area (Å²) in [6, 6.07) is 5.67. The van der Waals surface area contributed by atoms with E-state index in [2.05, 4.69) is 15.5 Å². The standard InChI is InChI=1S/C28H27ClF3N3O5/c1-35-8-7-13-9-21(39-3)26(40-4)24-22(13)19(35)11-15-18(12-20(38-2)25(36)23(15)24)34-27(37)33-14-5-6-17(29)16(10-14)28(30,31)32/h5-6,9-10,12,19,36H,7-8,11H2,1-4H3,(H2,33,34,37)/t19-/m0/s1. The first-order valence-corrected chi connectivity index (χ1v) is 12.7. The summed E-state index contributed by atoms with van der Waals surface area (Å²) in [4.78, 5) is 15.2. The number of phenols is 1. The lowest BCUT2D eigenvalue weighted by Gasteiger charge is -2.41. The molecule has 2 aliphatic rings. The van der Waals surface area contributed by atoms with E-state index in [4.69, 9.17) is 25.8 Å². The molecule has 40 heavy (non-hydrogen) atoms. The van der Waals surface area contributed by atoms with Crippen molar-refractivity contribution in [2.24, 2.45) is 0 Å². The van der Waals surface area contributed by atoms with E-state index in [-0.39, 0.29) is 23.2 Å². The fraction of sp³-hybridized carbons (Fsp3) is 0.321. The third-order valence-electron chi connectivity index (χ3n) is 7.41. The lowest BCUT2D eigenvalue weighted by atomic mass is 9.75. The summed E-state index contributed by atoms with van der Waals surface area (Å²) in [5.41, 5.74) is 2.91. The van der Waals surface area contributed by atoms with Crippen LogP contribution in [0.3, 0.4) is 0 Å². The molecule has 212 valence electrons. The minimum Gasteiger partial charge on any atom is -0.504 e. The number of carbonyl (C=O) groups is 1. The van der Waals surface area contributed by atoms with Crippen molar-refractivity contribution >= 4 is 29.0 Å². The van der Waals surface area contributed by atoms with Gasteiger partial charge in [0, 0.05) is 35.5 Å². The minimum absolute atomic E-state index is 0.0897. The van der Waals surface area contributed by atoms with Gasteiger partial charge >= 0.3 is 12.2 Å².